The van der Waals surface area contributed by atoms with E-state index in [-0.39, 0.29) is 52.9 Å². The zero-order valence-corrected chi connectivity index (χ0v) is 26.1. The van der Waals surface area contributed by atoms with E-state index in [0.717, 1.165) is 11.3 Å². The molecule has 19 heteroatoms. The summed E-state index contributed by atoms with van der Waals surface area (Å²) in [5, 5.41) is 15.8. The second-order valence-corrected chi connectivity index (χ2v) is 11.7. The fourth-order valence-corrected chi connectivity index (χ4v) is 5.54. The van der Waals surface area contributed by atoms with Gasteiger partial charge < -0.3 is 31.5 Å². The first kappa shape index (κ1) is 35.3. The van der Waals surface area contributed by atoms with Crippen LogP contribution >= 0.6 is 47.9 Å². The highest BCUT2D eigenvalue weighted by atomic mass is 35.5. The molecule has 2 atom stereocenters. The number of carbonyl (C=O) groups is 4. The molecular formula is C24H28Cl2N8O7S2. The summed E-state index contributed by atoms with van der Waals surface area (Å²) in [7, 11) is 0. The molecule has 1 fully saturated rings. The number of rotatable bonds is 8. The third-order valence-electron chi connectivity index (χ3n) is 5.79. The summed E-state index contributed by atoms with van der Waals surface area (Å²) in [6.07, 6.45) is 5.95. The van der Waals surface area contributed by atoms with Gasteiger partial charge in [-0.2, -0.15) is 0 Å². The van der Waals surface area contributed by atoms with Crippen LogP contribution in [0.2, 0.25) is 0 Å². The number of nitrogens with zero attached hydrogens (tertiary/aromatic N) is 5. The normalized spacial score (nSPS) is 18.2. The zero-order chi connectivity index (χ0) is 29.9. The molecule has 0 spiro atoms. The molecule has 0 bridgehead atoms. The second-order valence-electron chi connectivity index (χ2n) is 9.68. The Bertz CT molecular complexity index is 1490. The molecule has 0 aliphatic carbocycles. The fourth-order valence-electron chi connectivity index (χ4n) is 3.67. The maximum Gasteiger partial charge on any atom is 0.358 e. The number of nitrogens with one attached hydrogen (secondary N) is 1. The first-order valence-corrected chi connectivity index (χ1v) is 13.8. The molecule has 2 aliphatic heterocycles. The van der Waals surface area contributed by atoms with Crippen molar-refractivity contribution in [3.63, 3.8) is 0 Å². The molecule has 2 aromatic heterocycles. The van der Waals surface area contributed by atoms with E-state index in [1.54, 1.807) is 32.9 Å². The number of hydrogen-bond donors (Lipinski definition) is 4. The van der Waals surface area contributed by atoms with Crippen LogP contribution in [0.15, 0.2) is 40.4 Å². The van der Waals surface area contributed by atoms with Gasteiger partial charge in [-0.3, -0.25) is 19.3 Å². The number of nitrogens with two attached hydrogens (primary N) is 2. The summed E-state index contributed by atoms with van der Waals surface area (Å²) in [5.41, 5.74) is 11.1. The molecule has 0 aromatic carbocycles. The van der Waals surface area contributed by atoms with E-state index in [9.17, 15) is 24.4 Å². The molecule has 0 radical (unpaired) electrons. The molecule has 2 amide bonds. The largest absolute Gasteiger partial charge is 0.427 e. The minimum absolute atomic E-state index is 0. The van der Waals surface area contributed by atoms with Gasteiger partial charge >= 0.3 is 11.9 Å². The maximum atomic E-state index is 13.3. The Labute approximate surface area is 266 Å². The number of esters is 2. The van der Waals surface area contributed by atoms with Gasteiger partial charge in [-0.15, -0.1) is 47.9 Å². The summed E-state index contributed by atoms with van der Waals surface area (Å²) >= 11 is 2.32. The summed E-state index contributed by atoms with van der Waals surface area (Å²) in [5.74, 6) is -2.52. The van der Waals surface area contributed by atoms with Crippen LogP contribution in [-0.4, -0.2) is 78.5 Å². The van der Waals surface area contributed by atoms with Crippen LogP contribution in [-0.2, 0) is 28.7 Å². The number of ether oxygens (including phenoxy) is 2. The van der Waals surface area contributed by atoms with Crippen molar-refractivity contribution in [2.75, 3.05) is 24.0 Å². The Morgan fingerprint density at radius 2 is 1.95 bits per heavy atom. The standard InChI is InChI=1S/C24H26N8O7S2.2ClH/c1-24(2,3)22(36)39-10-38-21(35)16-12(5-4-11-6-27-9-28-17(11)25)7-40-20-15(19(34)32(16)20)30-18(33)14(31-37)13-8-41-23(26)29-13;;/h4-6,8-9,15,20,37H,7,10H2,1-3H3,(H2,26,29)(H,30,33)(H2,25,27,28);2*1H/b5-4+,31-14-;;/t15-,20+;;/m1../s1. The number of halogens is 2. The van der Waals surface area contributed by atoms with E-state index in [0.29, 0.717) is 11.1 Å². The highest BCUT2D eigenvalue weighted by Gasteiger charge is 2.54. The average Bonchev–Trinajstić information content (AvgIpc) is 3.35. The van der Waals surface area contributed by atoms with Crippen LogP contribution in [0.4, 0.5) is 10.9 Å². The summed E-state index contributed by atoms with van der Waals surface area (Å²) in [6.45, 7) is 4.28. The van der Waals surface area contributed by atoms with Crippen molar-refractivity contribution in [2.45, 2.75) is 32.2 Å². The number of oxime groups is 1. The molecule has 4 heterocycles. The van der Waals surface area contributed by atoms with E-state index >= 15 is 0 Å². The lowest BCUT2D eigenvalue weighted by molar-refractivity contribution is -0.173. The van der Waals surface area contributed by atoms with Crippen LogP contribution in [0.5, 0.6) is 0 Å². The number of amides is 2. The lowest BCUT2D eigenvalue weighted by Gasteiger charge is -2.49. The Morgan fingerprint density at radius 3 is 2.56 bits per heavy atom. The number of allylic oxidation sites excluding steroid dienone is 1. The van der Waals surface area contributed by atoms with Crippen LogP contribution in [0.3, 0.4) is 0 Å². The van der Waals surface area contributed by atoms with Crippen molar-refractivity contribution in [2.24, 2.45) is 10.6 Å². The second kappa shape index (κ2) is 14.5. The number of fused-ring (bicyclic) bond motifs is 1. The maximum absolute atomic E-state index is 13.3. The number of carbonyl (C=O) groups excluding carboxylic acids is 4. The smallest absolute Gasteiger partial charge is 0.358 e. The van der Waals surface area contributed by atoms with Crippen LogP contribution in [0, 0.1) is 5.41 Å². The van der Waals surface area contributed by atoms with Gasteiger partial charge in [-0.05, 0) is 32.4 Å². The van der Waals surface area contributed by atoms with Gasteiger partial charge in [0.1, 0.15) is 35.0 Å². The minimum Gasteiger partial charge on any atom is -0.427 e. The predicted molar refractivity (Wildman–Crippen MR) is 163 cm³/mol. The first-order valence-electron chi connectivity index (χ1n) is 11.9. The van der Waals surface area contributed by atoms with E-state index in [4.69, 9.17) is 20.9 Å². The van der Waals surface area contributed by atoms with E-state index in [1.165, 1.54) is 34.6 Å². The summed E-state index contributed by atoms with van der Waals surface area (Å²) in [4.78, 5) is 64.3. The van der Waals surface area contributed by atoms with Crippen molar-refractivity contribution < 1.29 is 33.9 Å². The molecule has 6 N–H and O–H groups in total. The SMILES string of the molecule is CC(C)(C)C(=O)OCOC(=O)C1=C(/C=C/c2cncnc2N)CS[C@H]2[C@H](NC(=O)/C(=N\O)c3csc(N)n3)C(=O)N12.Cl.Cl. The highest BCUT2D eigenvalue weighted by Crippen LogP contribution is 2.41. The number of hydrogen-bond acceptors (Lipinski definition) is 15. The summed E-state index contributed by atoms with van der Waals surface area (Å²) < 4.78 is 10.2. The van der Waals surface area contributed by atoms with Crippen molar-refractivity contribution in [3.8, 4) is 0 Å². The van der Waals surface area contributed by atoms with E-state index in [1.807, 2.05) is 0 Å². The van der Waals surface area contributed by atoms with Gasteiger partial charge in [-0.25, -0.2) is 19.7 Å². The molecule has 2 aliphatic rings. The van der Waals surface area contributed by atoms with Crippen molar-refractivity contribution in [1.29, 1.82) is 0 Å². The monoisotopic (exact) mass is 674 g/mol. The van der Waals surface area contributed by atoms with Crippen LogP contribution < -0.4 is 16.8 Å². The number of anilines is 2. The topological polar surface area (TPSA) is 225 Å². The molecule has 232 valence electrons. The third kappa shape index (κ3) is 7.73. The molecule has 4 rings (SSSR count). The van der Waals surface area contributed by atoms with E-state index < -0.39 is 53.1 Å². The molecule has 1 saturated heterocycles. The van der Waals surface area contributed by atoms with Gasteiger partial charge in [0, 0.05) is 22.9 Å². The first-order chi connectivity index (χ1) is 19.4. The molecule has 2 aromatic rings. The predicted octanol–water partition coefficient (Wildman–Crippen LogP) is 1.58. The Hall–Kier alpha value is -3.93. The average molecular weight is 676 g/mol. The minimum atomic E-state index is -1.05. The van der Waals surface area contributed by atoms with Gasteiger partial charge in [0.2, 0.25) is 6.79 Å². The number of aromatic nitrogens is 3. The molecule has 15 nitrogen and oxygen atoms in total. The third-order valence-corrected chi connectivity index (χ3v) is 7.76. The molecule has 0 unspecified atom stereocenters. The fraction of sp³-hybridized carbons (Fsp3) is 0.333. The number of thiazole rings is 1. The van der Waals surface area contributed by atoms with Crippen molar-refractivity contribution in [3.05, 3.63) is 46.5 Å². The Kier molecular flexibility index (Phi) is 11.9. The summed E-state index contributed by atoms with van der Waals surface area (Å²) in [6, 6.07) is -1.05. The van der Waals surface area contributed by atoms with Gasteiger partial charge in [0.25, 0.3) is 11.8 Å². The number of β-lactam (4-membered cyclic amide) rings is 1. The quantitative estimate of drug-likeness (QED) is 0.0780. The Balaban J connectivity index is 0.00000323. The van der Waals surface area contributed by atoms with Crippen LogP contribution in [0.25, 0.3) is 6.08 Å². The lowest BCUT2D eigenvalue weighted by atomic mass is 9.98. The van der Waals surface area contributed by atoms with Crippen LogP contribution in [0.1, 0.15) is 32.0 Å². The molecule has 43 heavy (non-hydrogen) atoms. The highest BCUT2D eigenvalue weighted by molar-refractivity contribution is 8.00. The van der Waals surface area contributed by atoms with E-state index in [2.05, 4.69) is 25.4 Å². The molecule has 0 saturated carbocycles. The number of thioether (sulfide) groups is 1. The molecular weight excluding hydrogens is 647 g/mol. The Morgan fingerprint density at radius 1 is 1.23 bits per heavy atom. The number of nitrogen functional groups attached to an aromatic ring is 2. The zero-order valence-electron chi connectivity index (χ0n) is 22.9. The van der Waals surface area contributed by atoms with Crippen molar-refractivity contribution >= 4 is 94.4 Å². The van der Waals surface area contributed by atoms with Gasteiger partial charge in [0.05, 0.1) is 5.41 Å². The van der Waals surface area contributed by atoms with Gasteiger partial charge in [0.15, 0.2) is 10.8 Å². The lowest BCUT2D eigenvalue weighted by Crippen LogP contribution is -2.71. The van der Waals surface area contributed by atoms with Gasteiger partial charge in [-0.1, -0.05) is 11.2 Å². The van der Waals surface area contributed by atoms with Crippen molar-refractivity contribution in [1.82, 2.24) is 25.2 Å².